The second-order valence-corrected chi connectivity index (χ2v) is 6.96. The Morgan fingerprint density at radius 2 is 2.08 bits per heavy atom. The zero-order valence-corrected chi connectivity index (χ0v) is 14.9. The molecule has 0 unspecified atom stereocenters. The number of hydrogen-bond acceptors (Lipinski definition) is 4. The molecule has 0 saturated carbocycles. The summed E-state index contributed by atoms with van der Waals surface area (Å²) in [4.78, 5) is 2.37. The number of aliphatic hydroxyl groups excluding tert-OH is 1. The van der Waals surface area contributed by atoms with E-state index in [-0.39, 0.29) is 12.0 Å². The highest BCUT2D eigenvalue weighted by Gasteiger charge is 2.34. The van der Waals surface area contributed by atoms with Gasteiger partial charge in [-0.15, -0.1) is 6.58 Å². The Kier molecular flexibility index (Phi) is 5.61. The number of rotatable bonds is 7. The first-order chi connectivity index (χ1) is 12.2. The van der Waals surface area contributed by atoms with Crippen molar-refractivity contribution in [2.45, 2.75) is 25.8 Å². The normalized spacial score (nSPS) is 21.2. The summed E-state index contributed by atoms with van der Waals surface area (Å²) in [5, 5.41) is 9.84. The van der Waals surface area contributed by atoms with Crippen LogP contribution in [0.1, 0.15) is 25.0 Å². The lowest BCUT2D eigenvalue weighted by Crippen LogP contribution is -2.44. The Balaban J connectivity index is 1.67. The smallest absolute Gasteiger partial charge is 0.134 e. The molecule has 0 aliphatic carbocycles. The number of methoxy groups -OCH3 is 1. The fourth-order valence-electron chi connectivity index (χ4n) is 3.71. The van der Waals surface area contributed by atoms with Crippen LogP contribution in [0.4, 0.5) is 0 Å². The second-order valence-electron chi connectivity index (χ2n) is 6.96. The monoisotopic (exact) mass is 341 g/mol. The van der Waals surface area contributed by atoms with Crippen molar-refractivity contribution < 1.29 is 14.3 Å². The molecule has 2 aromatic rings. The van der Waals surface area contributed by atoms with Crippen LogP contribution in [0, 0.1) is 5.41 Å². The second kappa shape index (κ2) is 7.89. The SMILES string of the molecule is C=CC[C@]1(CO)CCCN(Cc2ccc(-c3ccc(OC)cc3)o2)C1. The fourth-order valence-corrected chi connectivity index (χ4v) is 3.71. The molecule has 1 fully saturated rings. The van der Waals surface area contributed by atoms with Crippen molar-refractivity contribution >= 4 is 0 Å². The van der Waals surface area contributed by atoms with Gasteiger partial charge in [-0.25, -0.2) is 0 Å². The van der Waals surface area contributed by atoms with Crippen LogP contribution in [-0.4, -0.2) is 36.8 Å². The zero-order chi connectivity index (χ0) is 17.7. The predicted octanol–water partition coefficient (Wildman–Crippen LogP) is 4.11. The summed E-state index contributed by atoms with van der Waals surface area (Å²) in [6.07, 6.45) is 4.94. The molecule has 1 aliphatic heterocycles. The van der Waals surface area contributed by atoms with E-state index in [1.807, 2.05) is 42.5 Å². The maximum atomic E-state index is 9.84. The summed E-state index contributed by atoms with van der Waals surface area (Å²) in [6.45, 7) is 6.76. The number of hydrogen-bond donors (Lipinski definition) is 1. The highest BCUT2D eigenvalue weighted by molar-refractivity contribution is 5.58. The molecule has 0 radical (unpaired) electrons. The van der Waals surface area contributed by atoms with E-state index in [0.29, 0.717) is 0 Å². The number of nitrogens with zero attached hydrogens (tertiary/aromatic N) is 1. The molecule has 1 N–H and O–H groups in total. The first kappa shape index (κ1) is 17.8. The van der Waals surface area contributed by atoms with Crippen molar-refractivity contribution in [3.05, 3.63) is 54.8 Å². The van der Waals surface area contributed by atoms with Gasteiger partial charge in [0, 0.05) is 17.5 Å². The van der Waals surface area contributed by atoms with Crippen LogP contribution >= 0.6 is 0 Å². The lowest BCUT2D eigenvalue weighted by molar-refractivity contribution is 0.0283. The fraction of sp³-hybridized carbons (Fsp3) is 0.429. The Labute approximate surface area is 149 Å². The minimum atomic E-state index is -0.0502. The van der Waals surface area contributed by atoms with E-state index < -0.39 is 0 Å². The maximum Gasteiger partial charge on any atom is 0.134 e. The minimum Gasteiger partial charge on any atom is -0.497 e. The van der Waals surface area contributed by atoms with Crippen molar-refractivity contribution in [2.75, 3.05) is 26.8 Å². The number of piperidine rings is 1. The molecule has 25 heavy (non-hydrogen) atoms. The van der Waals surface area contributed by atoms with Gasteiger partial charge in [-0.05, 0) is 62.2 Å². The van der Waals surface area contributed by atoms with Gasteiger partial charge in [0.2, 0.25) is 0 Å². The molecule has 0 spiro atoms. The van der Waals surface area contributed by atoms with Crippen molar-refractivity contribution in [1.29, 1.82) is 0 Å². The highest BCUT2D eigenvalue weighted by Crippen LogP contribution is 2.34. The maximum absolute atomic E-state index is 9.84. The predicted molar refractivity (Wildman–Crippen MR) is 99.5 cm³/mol. The van der Waals surface area contributed by atoms with Gasteiger partial charge in [0.25, 0.3) is 0 Å². The topological polar surface area (TPSA) is 45.8 Å². The summed E-state index contributed by atoms with van der Waals surface area (Å²) in [6, 6.07) is 11.9. The van der Waals surface area contributed by atoms with Crippen molar-refractivity contribution in [1.82, 2.24) is 4.90 Å². The average molecular weight is 341 g/mol. The van der Waals surface area contributed by atoms with Gasteiger partial charge in [-0.2, -0.15) is 0 Å². The molecule has 134 valence electrons. The molecule has 1 aliphatic rings. The van der Waals surface area contributed by atoms with Gasteiger partial charge < -0.3 is 14.3 Å². The average Bonchev–Trinajstić information content (AvgIpc) is 3.11. The van der Waals surface area contributed by atoms with Crippen LogP contribution in [0.2, 0.25) is 0 Å². The number of allylic oxidation sites excluding steroid dienone is 1. The first-order valence-electron chi connectivity index (χ1n) is 8.85. The van der Waals surface area contributed by atoms with Gasteiger partial charge in [-0.3, -0.25) is 4.90 Å². The molecule has 0 bridgehead atoms. The molecule has 1 saturated heterocycles. The lowest BCUT2D eigenvalue weighted by Gasteiger charge is -2.41. The Morgan fingerprint density at radius 3 is 2.76 bits per heavy atom. The van der Waals surface area contributed by atoms with Crippen molar-refractivity contribution in [3.8, 4) is 17.1 Å². The van der Waals surface area contributed by atoms with Gasteiger partial charge in [0.15, 0.2) is 0 Å². The molecule has 4 nitrogen and oxygen atoms in total. The third kappa shape index (κ3) is 4.14. The molecular formula is C21H27NO3. The van der Waals surface area contributed by atoms with Gasteiger partial charge >= 0.3 is 0 Å². The Hall–Kier alpha value is -2.04. The number of furan rings is 1. The van der Waals surface area contributed by atoms with Gasteiger partial charge in [-0.1, -0.05) is 6.08 Å². The molecule has 1 aromatic carbocycles. The van der Waals surface area contributed by atoms with Crippen LogP contribution in [0.5, 0.6) is 5.75 Å². The van der Waals surface area contributed by atoms with Crippen LogP contribution in [0.15, 0.2) is 53.5 Å². The molecule has 1 aromatic heterocycles. The quantitative estimate of drug-likeness (QED) is 0.770. The van der Waals surface area contributed by atoms with E-state index in [9.17, 15) is 5.11 Å². The van der Waals surface area contributed by atoms with E-state index in [0.717, 1.165) is 61.7 Å². The number of benzene rings is 1. The third-order valence-corrected chi connectivity index (χ3v) is 5.07. The summed E-state index contributed by atoms with van der Waals surface area (Å²) < 4.78 is 11.2. The molecule has 3 rings (SSSR count). The molecule has 1 atom stereocenters. The van der Waals surface area contributed by atoms with Crippen LogP contribution < -0.4 is 4.74 Å². The molecule has 0 amide bonds. The van der Waals surface area contributed by atoms with Crippen LogP contribution in [0.25, 0.3) is 11.3 Å². The summed E-state index contributed by atoms with van der Waals surface area (Å²) in [7, 11) is 1.66. The Morgan fingerprint density at radius 1 is 1.28 bits per heavy atom. The van der Waals surface area contributed by atoms with Crippen molar-refractivity contribution in [3.63, 3.8) is 0 Å². The van der Waals surface area contributed by atoms with E-state index in [4.69, 9.17) is 9.15 Å². The zero-order valence-electron chi connectivity index (χ0n) is 14.9. The Bertz CT molecular complexity index is 691. The number of aliphatic hydroxyl groups is 1. The first-order valence-corrected chi connectivity index (χ1v) is 8.85. The third-order valence-electron chi connectivity index (χ3n) is 5.07. The summed E-state index contributed by atoms with van der Waals surface area (Å²) in [5.74, 6) is 2.67. The number of ether oxygens (including phenoxy) is 1. The largest absolute Gasteiger partial charge is 0.497 e. The number of likely N-dealkylation sites (tertiary alicyclic amines) is 1. The summed E-state index contributed by atoms with van der Waals surface area (Å²) >= 11 is 0. The molecular weight excluding hydrogens is 314 g/mol. The van der Waals surface area contributed by atoms with E-state index in [1.54, 1.807) is 7.11 Å². The van der Waals surface area contributed by atoms with E-state index in [2.05, 4.69) is 11.5 Å². The van der Waals surface area contributed by atoms with Crippen molar-refractivity contribution in [2.24, 2.45) is 5.41 Å². The van der Waals surface area contributed by atoms with Crippen LogP contribution in [0.3, 0.4) is 0 Å². The van der Waals surface area contributed by atoms with Gasteiger partial charge in [0.1, 0.15) is 17.3 Å². The molecule has 2 heterocycles. The standard InChI is InChI=1S/C21H27NO3/c1-3-11-21(16-23)12-4-13-22(15-21)14-19-9-10-20(25-19)17-5-7-18(24-2)8-6-17/h3,5-10,23H,1,4,11-16H2,2H3/t21-/m0/s1. The summed E-state index contributed by atoms with van der Waals surface area (Å²) in [5.41, 5.74) is 0.993. The van der Waals surface area contributed by atoms with Gasteiger partial charge in [0.05, 0.1) is 20.3 Å². The minimum absolute atomic E-state index is 0.0502. The van der Waals surface area contributed by atoms with E-state index >= 15 is 0 Å². The lowest BCUT2D eigenvalue weighted by atomic mass is 9.78. The van der Waals surface area contributed by atoms with Crippen LogP contribution in [-0.2, 0) is 6.54 Å². The molecule has 4 heteroatoms. The van der Waals surface area contributed by atoms with E-state index in [1.165, 1.54) is 0 Å². The highest BCUT2D eigenvalue weighted by atomic mass is 16.5.